The molecule has 0 saturated heterocycles. The third kappa shape index (κ3) is 4.15. The van der Waals surface area contributed by atoms with Crippen LogP contribution in [-0.4, -0.2) is 5.16 Å². The Balaban J connectivity index is 2.03. The lowest BCUT2D eigenvalue weighted by molar-refractivity contribution is 0.436. The molecule has 0 fully saturated rings. The fourth-order valence-corrected chi connectivity index (χ4v) is 2.46. The molecule has 3 nitrogen and oxygen atoms in total. The minimum absolute atomic E-state index is 0.654. The second kappa shape index (κ2) is 7.17. The molecule has 0 aliphatic heterocycles. The van der Waals surface area contributed by atoms with Gasteiger partial charge in [-0.1, -0.05) is 70.7 Å². The number of halogens is 1. The quantitative estimate of drug-likeness (QED) is 0.561. The summed E-state index contributed by atoms with van der Waals surface area (Å²) >= 11 is 4.67. The fourth-order valence-electron chi connectivity index (χ4n) is 1.46. The van der Waals surface area contributed by atoms with Gasteiger partial charge < -0.3 is 9.25 Å². The topological polar surface area (TPSA) is 38.1 Å². The van der Waals surface area contributed by atoms with Crippen LogP contribution in [0.5, 0.6) is 0 Å². The molecule has 0 amide bonds. The van der Waals surface area contributed by atoms with E-state index in [9.17, 15) is 0 Å². The zero-order valence-electron chi connectivity index (χ0n) is 10.7. The van der Waals surface area contributed by atoms with E-state index in [4.69, 9.17) is 4.52 Å². The summed E-state index contributed by atoms with van der Waals surface area (Å²) in [7, 11) is 0. The number of hydrogen-bond donors (Lipinski definition) is 1. The largest absolute Gasteiger partial charge is 0.354 e. The maximum Gasteiger partial charge on any atom is 0.180 e. The van der Waals surface area contributed by atoms with Crippen molar-refractivity contribution in [3.63, 3.8) is 0 Å². The van der Waals surface area contributed by atoms with Gasteiger partial charge in [-0.05, 0) is 18.0 Å². The van der Waals surface area contributed by atoms with Gasteiger partial charge >= 0.3 is 0 Å². The van der Waals surface area contributed by atoms with Crippen molar-refractivity contribution in [2.24, 2.45) is 0 Å². The number of nitrogens with zero attached hydrogens (tertiary/aromatic N) is 1. The van der Waals surface area contributed by atoms with Crippen molar-refractivity contribution in [3.05, 3.63) is 71.1 Å². The fraction of sp³-hybridized carbons (Fsp3) is 0. The molecule has 0 unspecified atom stereocenters. The highest BCUT2D eigenvalue weighted by molar-refractivity contribution is 9.11. The van der Waals surface area contributed by atoms with Crippen LogP contribution in [0.2, 0.25) is 0 Å². The highest BCUT2D eigenvalue weighted by atomic mass is 79.9. The molecule has 2 rings (SSSR count). The van der Waals surface area contributed by atoms with Crippen LogP contribution in [-0.2, 0) is 0 Å². The zero-order chi connectivity index (χ0) is 14.4. The van der Waals surface area contributed by atoms with Gasteiger partial charge in [0.15, 0.2) is 11.6 Å². The van der Waals surface area contributed by atoms with E-state index in [2.05, 4.69) is 39.0 Å². The van der Waals surface area contributed by atoms with Gasteiger partial charge in [-0.15, -0.1) is 0 Å². The van der Waals surface area contributed by atoms with Crippen molar-refractivity contribution in [1.29, 1.82) is 0 Å². The van der Waals surface area contributed by atoms with Crippen molar-refractivity contribution >= 4 is 33.7 Å². The van der Waals surface area contributed by atoms with E-state index in [1.807, 2.05) is 42.5 Å². The first-order valence-electron chi connectivity index (χ1n) is 5.82. The van der Waals surface area contributed by atoms with Gasteiger partial charge in [-0.25, -0.2) is 0 Å². The van der Waals surface area contributed by atoms with Gasteiger partial charge in [0.25, 0.3) is 0 Å². The van der Waals surface area contributed by atoms with Gasteiger partial charge in [0.2, 0.25) is 0 Å². The van der Waals surface area contributed by atoms with E-state index in [-0.39, 0.29) is 0 Å². The number of aromatic nitrogens is 1. The smallest absolute Gasteiger partial charge is 0.180 e. The van der Waals surface area contributed by atoms with Crippen LogP contribution in [0.3, 0.4) is 0 Å². The average molecular weight is 349 g/mol. The van der Waals surface area contributed by atoms with Crippen LogP contribution < -0.4 is 4.72 Å². The molecule has 102 valence electrons. The molecular formula is C15H13BrN2OS. The lowest BCUT2D eigenvalue weighted by Crippen LogP contribution is -1.86. The Hall–Kier alpha value is -1.72. The molecule has 1 aromatic carbocycles. The number of allylic oxidation sites excluding steroid dienone is 3. The van der Waals surface area contributed by atoms with Crippen LogP contribution in [0, 0.1) is 0 Å². The first kappa shape index (κ1) is 14.7. The summed E-state index contributed by atoms with van der Waals surface area (Å²) in [5.74, 6) is 1.38. The lowest BCUT2D eigenvalue weighted by atomic mass is 10.2. The number of benzene rings is 1. The van der Waals surface area contributed by atoms with Crippen molar-refractivity contribution in [2.45, 2.75) is 0 Å². The molecular weight excluding hydrogens is 336 g/mol. The molecule has 0 atom stereocenters. The average Bonchev–Trinajstić information content (AvgIpc) is 2.93. The van der Waals surface area contributed by atoms with Crippen LogP contribution >= 0.6 is 27.9 Å². The zero-order valence-corrected chi connectivity index (χ0v) is 13.1. The maximum atomic E-state index is 5.30. The molecule has 20 heavy (non-hydrogen) atoms. The number of anilines is 1. The summed E-state index contributed by atoms with van der Waals surface area (Å²) in [6, 6.07) is 11.7. The molecule has 1 N–H and O–H groups in total. The Morgan fingerprint density at radius 2 is 2.10 bits per heavy atom. The van der Waals surface area contributed by atoms with E-state index in [0.717, 1.165) is 20.7 Å². The van der Waals surface area contributed by atoms with Gasteiger partial charge in [-0.3, -0.25) is 0 Å². The Kier molecular flexibility index (Phi) is 5.26. The summed E-state index contributed by atoms with van der Waals surface area (Å²) in [4.78, 5) is 0.927. The summed E-state index contributed by atoms with van der Waals surface area (Å²) in [6.45, 7) is 7.50. The van der Waals surface area contributed by atoms with Crippen LogP contribution in [0.15, 0.2) is 75.6 Å². The Morgan fingerprint density at radius 3 is 2.75 bits per heavy atom. The summed E-state index contributed by atoms with van der Waals surface area (Å²) in [5, 5.41) is 3.98. The minimum atomic E-state index is 0.654. The van der Waals surface area contributed by atoms with Crippen LogP contribution in [0.1, 0.15) is 0 Å². The highest BCUT2D eigenvalue weighted by Crippen LogP contribution is 2.26. The Labute approximate surface area is 130 Å². The van der Waals surface area contributed by atoms with Gasteiger partial charge in [0.1, 0.15) is 0 Å². The molecule has 2 aromatic rings. The van der Waals surface area contributed by atoms with E-state index in [1.165, 1.54) is 11.9 Å². The van der Waals surface area contributed by atoms with Gasteiger partial charge in [0.05, 0.1) is 0 Å². The molecule has 0 radical (unpaired) electrons. The van der Waals surface area contributed by atoms with Crippen molar-refractivity contribution in [2.75, 3.05) is 4.72 Å². The number of rotatable bonds is 6. The van der Waals surface area contributed by atoms with Crippen molar-refractivity contribution in [1.82, 2.24) is 5.16 Å². The third-order valence-electron chi connectivity index (χ3n) is 2.34. The molecule has 1 heterocycles. The second-order valence-electron chi connectivity index (χ2n) is 3.84. The monoisotopic (exact) mass is 348 g/mol. The number of nitrogens with one attached hydrogen (secondary N) is 1. The van der Waals surface area contributed by atoms with Gasteiger partial charge in [-0.2, -0.15) is 0 Å². The first-order chi connectivity index (χ1) is 9.69. The summed E-state index contributed by atoms with van der Waals surface area (Å²) in [6.07, 6.45) is 3.60. The Morgan fingerprint density at radius 1 is 1.35 bits per heavy atom. The van der Waals surface area contributed by atoms with Crippen molar-refractivity contribution < 1.29 is 4.52 Å². The highest BCUT2D eigenvalue weighted by Gasteiger charge is 2.06. The van der Waals surface area contributed by atoms with Gasteiger partial charge in [0, 0.05) is 21.0 Å². The van der Waals surface area contributed by atoms with E-state index >= 15 is 0 Å². The van der Waals surface area contributed by atoms with E-state index in [0.29, 0.717) is 5.82 Å². The second-order valence-corrected chi connectivity index (χ2v) is 5.74. The maximum absolute atomic E-state index is 5.30. The normalized spacial score (nSPS) is 11.2. The predicted molar refractivity (Wildman–Crippen MR) is 89.5 cm³/mol. The third-order valence-corrected chi connectivity index (χ3v) is 3.40. The number of hydrogen-bond acceptors (Lipinski definition) is 4. The first-order valence-corrected chi connectivity index (χ1v) is 7.43. The molecule has 0 aliphatic carbocycles. The molecule has 0 spiro atoms. The molecule has 0 aliphatic rings. The van der Waals surface area contributed by atoms with Crippen molar-refractivity contribution in [3.8, 4) is 11.3 Å². The molecule has 0 bridgehead atoms. The van der Waals surface area contributed by atoms with Crippen LogP contribution in [0.4, 0.5) is 5.82 Å². The molecule has 0 saturated carbocycles. The van der Waals surface area contributed by atoms with E-state index < -0.39 is 0 Å². The SMILES string of the molecule is C=C/C(=C\C(=C)Br)SNc1cc(-c2ccccc2)on1. The standard InChI is InChI=1S/C15H13BrN2OS/c1-3-13(9-11(2)16)20-18-15-10-14(19-17-15)12-7-5-4-6-8-12/h3-10H,1-2H2,(H,17,18)/b13-9+. The van der Waals surface area contributed by atoms with Crippen LogP contribution in [0.25, 0.3) is 11.3 Å². The Bertz CT molecular complexity index is 634. The van der Waals surface area contributed by atoms with E-state index in [1.54, 1.807) is 6.08 Å². The summed E-state index contributed by atoms with van der Waals surface area (Å²) in [5.41, 5.74) is 0.992. The molecule has 1 aromatic heterocycles. The predicted octanol–water partition coefficient (Wildman–Crippen LogP) is 5.38. The summed E-state index contributed by atoms with van der Waals surface area (Å²) < 4.78 is 9.19. The molecule has 5 heteroatoms. The lowest BCUT2D eigenvalue weighted by Gasteiger charge is -2.01. The minimum Gasteiger partial charge on any atom is -0.354 e.